The van der Waals surface area contributed by atoms with Gasteiger partial charge in [-0.05, 0) is 18.2 Å². The van der Waals surface area contributed by atoms with Crippen molar-refractivity contribution < 1.29 is 9.53 Å². The summed E-state index contributed by atoms with van der Waals surface area (Å²) < 4.78 is 5.59. The first-order chi connectivity index (χ1) is 9.24. The van der Waals surface area contributed by atoms with Gasteiger partial charge in [-0.15, -0.1) is 0 Å². The van der Waals surface area contributed by atoms with Crippen molar-refractivity contribution in [3.8, 4) is 5.75 Å². The van der Waals surface area contributed by atoms with Gasteiger partial charge in [-0.3, -0.25) is 4.79 Å². The third-order valence-corrected chi connectivity index (χ3v) is 2.85. The minimum absolute atomic E-state index is 0.613. The number of hydrogen-bond acceptors (Lipinski definition) is 5. The number of amides is 1. The lowest BCUT2D eigenvalue weighted by molar-refractivity contribution is -0.105. The third-order valence-electron chi connectivity index (χ3n) is 2.85. The van der Waals surface area contributed by atoms with Gasteiger partial charge in [0.2, 0.25) is 6.41 Å². The average molecular weight is 262 g/mol. The molecule has 0 bridgehead atoms. The Morgan fingerprint density at radius 1 is 1.58 bits per heavy atom. The van der Waals surface area contributed by atoms with Gasteiger partial charge in [0.15, 0.2) is 0 Å². The first-order valence-electron chi connectivity index (χ1n) is 6.08. The molecule has 0 fully saturated rings. The molecular weight excluding hydrogens is 244 g/mol. The Kier molecular flexibility index (Phi) is 4.12. The van der Waals surface area contributed by atoms with E-state index in [-0.39, 0.29) is 0 Å². The minimum Gasteiger partial charge on any atom is -0.490 e. The molecule has 2 rings (SSSR count). The highest BCUT2D eigenvalue weighted by molar-refractivity contribution is 5.76. The van der Waals surface area contributed by atoms with Crippen LogP contribution in [0.3, 0.4) is 0 Å². The van der Waals surface area contributed by atoms with Crippen LogP contribution in [0.2, 0.25) is 0 Å². The molecule has 0 aliphatic carbocycles. The summed E-state index contributed by atoms with van der Waals surface area (Å²) in [5, 5.41) is 5.54. The lowest BCUT2D eigenvalue weighted by Crippen LogP contribution is -2.36. The first kappa shape index (κ1) is 13.1. The summed E-state index contributed by atoms with van der Waals surface area (Å²) in [6, 6.07) is 5.55. The zero-order valence-corrected chi connectivity index (χ0v) is 10.8. The number of carbonyl (C=O) groups excluding carboxylic acids is 1. The van der Waals surface area contributed by atoms with Gasteiger partial charge in [0.05, 0.1) is 18.8 Å². The highest BCUT2D eigenvalue weighted by Gasteiger charge is 2.18. The maximum atomic E-state index is 10.5. The Morgan fingerprint density at radius 3 is 3.16 bits per heavy atom. The van der Waals surface area contributed by atoms with Crippen LogP contribution in [-0.4, -0.2) is 33.2 Å². The molecule has 1 aliphatic heterocycles. The van der Waals surface area contributed by atoms with Crippen molar-refractivity contribution in [2.75, 3.05) is 37.0 Å². The molecule has 0 saturated carbocycles. The molecule has 1 amide bonds. The van der Waals surface area contributed by atoms with Crippen molar-refractivity contribution in [1.82, 2.24) is 5.32 Å². The lowest BCUT2D eigenvalue weighted by Gasteiger charge is -2.31. The topological polar surface area (TPSA) is 79.6 Å². The van der Waals surface area contributed by atoms with E-state index in [1.54, 1.807) is 6.20 Å². The van der Waals surface area contributed by atoms with Gasteiger partial charge in [-0.1, -0.05) is 0 Å². The standard InChI is InChI=1S/C13H18N4O2/c1-15-7-10(14)8-17-4-5-19-13-3-2-11(16-9-18)6-12(13)17/h2-3,6-7,9,15H,4-5,8,14H2,1H3,(H,16,18)/b10-7-. The number of ether oxygens (including phenoxy) is 1. The Balaban J connectivity index is 2.23. The number of benzene rings is 1. The van der Waals surface area contributed by atoms with Gasteiger partial charge in [0, 0.05) is 24.6 Å². The lowest BCUT2D eigenvalue weighted by atomic mass is 10.2. The molecule has 1 heterocycles. The van der Waals surface area contributed by atoms with E-state index < -0.39 is 0 Å². The van der Waals surface area contributed by atoms with E-state index in [1.165, 1.54) is 0 Å². The molecule has 6 nitrogen and oxygen atoms in total. The number of nitrogens with one attached hydrogen (secondary N) is 2. The predicted octanol–water partition coefficient (Wildman–Crippen LogP) is 0.473. The van der Waals surface area contributed by atoms with Crippen molar-refractivity contribution in [3.63, 3.8) is 0 Å². The molecule has 0 spiro atoms. The summed E-state index contributed by atoms with van der Waals surface area (Å²) in [6.45, 7) is 2.00. The van der Waals surface area contributed by atoms with E-state index in [9.17, 15) is 4.79 Å². The smallest absolute Gasteiger partial charge is 0.211 e. The number of hydrogen-bond donors (Lipinski definition) is 3. The highest BCUT2D eigenvalue weighted by atomic mass is 16.5. The van der Waals surface area contributed by atoms with Crippen LogP contribution >= 0.6 is 0 Å². The van der Waals surface area contributed by atoms with Gasteiger partial charge in [0.25, 0.3) is 0 Å². The monoisotopic (exact) mass is 262 g/mol. The van der Waals surface area contributed by atoms with Crippen LogP contribution in [0.1, 0.15) is 0 Å². The van der Waals surface area contributed by atoms with Gasteiger partial charge in [-0.2, -0.15) is 0 Å². The summed E-state index contributed by atoms with van der Waals surface area (Å²) in [5.41, 5.74) is 8.33. The van der Waals surface area contributed by atoms with Gasteiger partial charge < -0.3 is 26.0 Å². The zero-order valence-electron chi connectivity index (χ0n) is 10.8. The van der Waals surface area contributed by atoms with Crippen molar-refractivity contribution >= 4 is 17.8 Å². The molecule has 0 aromatic heterocycles. The van der Waals surface area contributed by atoms with Crippen LogP contribution in [0, 0.1) is 0 Å². The fraction of sp³-hybridized carbons (Fsp3) is 0.308. The molecule has 102 valence electrons. The molecule has 0 atom stereocenters. The van der Waals surface area contributed by atoms with E-state index in [4.69, 9.17) is 10.5 Å². The maximum Gasteiger partial charge on any atom is 0.211 e. The molecule has 1 aromatic rings. The SMILES string of the molecule is CN/C=C(\N)CN1CCOc2ccc(NC=O)cc21. The van der Waals surface area contributed by atoms with Crippen LogP contribution in [-0.2, 0) is 4.79 Å². The van der Waals surface area contributed by atoms with Crippen LogP contribution in [0.4, 0.5) is 11.4 Å². The Bertz CT molecular complexity index is 488. The van der Waals surface area contributed by atoms with Gasteiger partial charge in [-0.25, -0.2) is 0 Å². The maximum absolute atomic E-state index is 10.5. The molecule has 0 radical (unpaired) electrons. The second-order valence-electron chi connectivity index (χ2n) is 4.22. The molecule has 4 N–H and O–H groups in total. The third kappa shape index (κ3) is 3.09. The van der Waals surface area contributed by atoms with E-state index in [1.807, 2.05) is 25.2 Å². The molecule has 0 saturated heterocycles. The largest absolute Gasteiger partial charge is 0.490 e. The highest BCUT2D eigenvalue weighted by Crippen LogP contribution is 2.34. The number of rotatable bonds is 5. The first-order valence-corrected chi connectivity index (χ1v) is 6.08. The predicted molar refractivity (Wildman–Crippen MR) is 75.2 cm³/mol. The summed E-state index contributed by atoms with van der Waals surface area (Å²) in [6.07, 6.45) is 2.42. The average Bonchev–Trinajstić information content (AvgIpc) is 2.40. The molecular formula is C13H18N4O2. The second-order valence-corrected chi connectivity index (χ2v) is 4.22. The minimum atomic E-state index is 0.613. The summed E-state index contributed by atoms with van der Waals surface area (Å²) in [7, 11) is 1.81. The van der Waals surface area contributed by atoms with Crippen molar-refractivity contribution in [2.24, 2.45) is 5.73 Å². The van der Waals surface area contributed by atoms with Crippen LogP contribution in [0.15, 0.2) is 30.1 Å². The molecule has 6 heteroatoms. The fourth-order valence-corrected chi connectivity index (χ4v) is 2.05. The van der Waals surface area contributed by atoms with Crippen LogP contribution in [0.5, 0.6) is 5.75 Å². The Morgan fingerprint density at radius 2 is 2.42 bits per heavy atom. The number of fused-ring (bicyclic) bond motifs is 1. The van der Waals surface area contributed by atoms with Gasteiger partial charge in [0.1, 0.15) is 12.4 Å². The number of nitrogens with two attached hydrogens (primary N) is 1. The Labute approximate surface area is 112 Å². The summed E-state index contributed by atoms with van der Waals surface area (Å²) >= 11 is 0. The Hall–Kier alpha value is -2.37. The van der Waals surface area contributed by atoms with E-state index >= 15 is 0 Å². The summed E-state index contributed by atoms with van der Waals surface area (Å²) in [5.74, 6) is 0.806. The van der Waals surface area contributed by atoms with E-state index in [0.29, 0.717) is 19.6 Å². The number of anilines is 2. The quantitative estimate of drug-likeness (QED) is 0.672. The van der Waals surface area contributed by atoms with Gasteiger partial charge >= 0.3 is 0 Å². The fourth-order valence-electron chi connectivity index (χ4n) is 2.05. The molecule has 0 unspecified atom stereocenters. The van der Waals surface area contributed by atoms with E-state index in [0.717, 1.165) is 29.4 Å². The number of carbonyl (C=O) groups is 1. The van der Waals surface area contributed by atoms with Crippen LogP contribution in [0.25, 0.3) is 0 Å². The summed E-state index contributed by atoms with van der Waals surface area (Å²) in [4.78, 5) is 12.6. The van der Waals surface area contributed by atoms with Crippen LogP contribution < -0.4 is 26.0 Å². The van der Waals surface area contributed by atoms with Crippen molar-refractivity contribution in [2.45, 2.75) is 0 Å². The zero-order chi connectivity index (χ0) is 13.7. The molecule has 1 aliphatic rings. The van der Waals surface area contributed by atoms with Crippen molar-refractivity contribution in [1.29, 1.82) is 0 Å². The molecule has 1 aromatic carbocycles. The van der Waals surface area contributed by atoms with E-state index in [2.05, 4.69) is 15.5 Å². The van der Waals surface area contributed by atoms with Crippen molar-refractivity contribution in [3.05, 3.63) is 30.1 Å². The normalized spacial score (nSPS) is 14.4. The second kappa shape index (κ2) is 5.99. The number of nitrogens with zero attached hydrogens (tertiary/aromatic N) is 1. The molecule has 19 heavy (non-hydrogen) atoms.